The first kappa shape index (κ1) is 13.5. The molecule has 0 heterocycles. The summed E-state index contributed by atoms with van der Waals surface area (Å²) in [5, 5.41) is 9.55. The molecule has 0 spiro atoms. The van der Waals surface area contributed by atoms with Gasteiger partial charge >= 0.3 is 5.97 Å². The Morgan fingerprint density at radius 3 is 2.50 bits per heavy atom. The molecule has 2 rings (SSSR count). The van der Waals surface area contributed by atoms with Crippen LogP contribution in [0.2, 0.25) is 0 Å². The van der Waals surface area contributed by atoms with Crippen LogP contribution in [0.3, 0.4) is 0 Å². The number of carbonyl (C=O) groups is 1. The number of rotatable bonds is 2. The lowest BCUT2D eigenvalue weighted by atomic mass is 9.69. The molecular weight excluding hydrogens is 299 g/mol. The van der Waals surface area contributed by atoms with E-state index in [0.717, 1.165) is 19.3 Å². The summed E-state index contributed by atoms with van der Waals surface area (Å²) in [4.78, 5) is 11.6. The van der Waals surface area contributed by atoms with Gasteiger partial charge in [-0.2, -0.15) is 0 Å². The van der Waals surface area contributed by atoms with Gasteiger partial charge in [0.1, 0.15) is 5.82 Å². The maximum absolute atomic E-state index is 14.4. The maximum atomic E-state index is 14.4. The Kier molecular flexibility index (Phi) is 3.76. The fourth-order valence-electron chi connectivity index (χ4n) is 2.78. The normalized spacial score (nSPS) is 18.6. The van der Waals surface area contributed by atoms with Crippen molar-refractivity contribution in [1.29, 1.82) is 0 Å². The Morgan fingerprint density at radius 2 is 1.94 bits per heavy atom. The lowest BCUT2D eigenvalue weighted by molar-refractivity contribution is -0.145. The van der Waals surface area contributed by atoms with Gasteiger partial charge in [0.05, 0.1) is 5.41 Å². The third-order valence-electron chi connectivity index (χ3n) is 3.95. The number of hydrogen-bond donors (Lipinski definition) is 1. The lowest BCUT2D eigenvalue weighted by Gasteiger charge is -2.34. The van der Waals surface area contributed by atoms with E-state index in [1.54, 1.807) is 19.1 Å². The van der Waals surface area contributed by atoms with Crippen LogP contribution in [0.15, 0.2) is 16.6 Å². The summed E-state index contributed by atoms with van der Waals surface area (Å²) in [5.41, 5.74) is -0.206. The molecule has 0 unspecified atom stereocenters. The zero-order valence-electron chi connectivity index (χ0n) is 10.3. The van der Waals surface area contributed by atoms with Crippen LogP contribution in [0, 0.1) is 12.7 Å². The summed E-state index contributed by atoms with van der Waals surface area (Å²) in [6, 6.07) is 3.36. The molecule has 0 aliphatic heterocycles. The van der Waals surface area contributed by atoms with Crippen molar-refractivity contribution in [2.45, 2.75) is 44.4 Å². The zero-order chi connectivity index (χ0) is 13.3. The molecule has 98 valence electrons. The van der Waals surface area contributed by atoms with E-state index >= 15 is 0 Å². The molecule has 0 saturated heterocycles. The molecule has 1 N–H and O–H groups in total. The van der Waals surface area contributed by atoms with E-state index in [1.165, 1.54) is 0 Å². The Hall–Kier alpha value is -0.900. The number of carboxylic acid groups (broad SMARTS) is 1. The largest absolute Gasteiger partial charge is 0.481 e. The average Bonchev–Trinajstić information content (AvgIpc) is 2.37. The number of aliphatic carboxylic acids is 1. The second kappa shape index (κ2) is 5.00. The van der Waals surface area contributed by atoms with Gasteiger partial charge in [-0.1, -0.05) is 41.3 Å². The van der Waals surface area contributed by atoms with E-state index in [-0.39, 0.29) is 5.82 Å². The summed E-state index contributed by atoms with van der Waals surface area (Å²) in [6.45, 7) is 1.67. The third kappa shape index (κ3) is 2.07. The zero-order valence-corrected chi connectivity index (χ0v) is 11.9. The van der Waals surface area contributed by atoms with Crippen LogP contribution in [0.5, 0.6) is 0 Å². The summed E-state index contributed by atoms with van der Waals surface area (Å²) in [7, 11) is 0. The first-order valence-electron chi connectivity index (χ1n) is 6.17. The highest BCUT2D eigenvalue weighted by atomic mass is 79.9. The van der Waals surface area contributed by atoms with Gasteiger partial charge in [0.25, 0.3) is 0 Å². The monoisotopic (exact) mass is 314 g/mol. The van der Waals surface area contributed by atoms with Crippen LogP contribution in [0.1, 0.15) is 43.2 Å². The van der Waals surface area contributed by atoms with E-state index in [2.05, 4.69) is 15.9 Å². The molecule has 0 amide bonds. The minimum atomic E-state index is -1.03. The molecule has 1 fully saturated rings. The number of carboxylic acids is 1. The molecule has 1 aliphatic carbocycles. The highest BCUT2D eigenvalue weighted by molar-refractivity contribution is 9.10. The predicted octanol–water partition coefficient (Wildman–Crippen LogP) is 4.18. The molecule has 4 heteroatoms. The molecule has 0 radical (unpaired) electrons. The molecule has 18 heavy (non-hydrogen) atoms. The molecule has 2 nitrogen and oxygen atoms in total. The maximum Gasteiger partial charge on any atom is 0.314 e. The topological polar surface area (TPSA) is 37.3 Å². The smallest absolute Gasteiger partial charge is 0.314 e. The molecule has 0 bridgehead atoms. The van der Waals surface area contributed by atoms with Gasteiger partial charge in [0.2, 0.25) is 0 Å². The van der Waals surface area contributed by atoms with E-state index < -0.39 is 11.4 Å². The van der Waals surface area contributed by atoms with E-state index in [4.69, 9.17) is 0 Å². The average molecular weight is 315 g/mol. The van der Waals surface area contributed by atoms with Crippen LogP contribution >= 0.6 is 15.9 Å². The number of halogens is 2. The van der Waals surface area contributed by atoms with Gasteiger partial charge in [-0.05, 0) is 31.4 Å². The van der Waals surface area contributed by atoms with Gasteiger partial charge in [-0.25, -0.2) is 4.39 Å². The first-order chi connectivity index (χ1) is 8.49. The second-order valence-corrected chi connectivity index (χ2v) is 5.84. The molecule has 1 aromatic carbocycles. The molecule has 0 atom stereocenters. The SMILES string of the molecule is Cc1c(Br)ccc(C2(C(=O)O)CCCCC2)c1F. The Labute approximate surface area is 114 Å². The Balaban J connectivity index is 2.56. The van der Waals surface area contributed by atoms with Crippen LogP contribution in [0.25, 0.3) is 0 Å². The van der Waals surface area contributed by atoms with E-state index in [1.807, 2.05) is 0 Å². The summed E-state index contributed by atoms with van der Waals surface area (Å²) in [5.74, 6) is -1.28. The Bertz CT molecular complexity index is 479. The molecule has 0 aromatic heterocycles. The molecule has 1 aliphatic rings. The van der Waals surface area contributed by atoms with Gasteiger partial charge < -0.3 is 5.11 Å². The van der Waals surface area contributed by atoms with Crippen molar-refractivity contribution >= 4 is 21.9 Å². The van der Waals surface area contributed by atoms with Crippen molar-refractivity contribution in [3.8, 4) is 0 Å². The standard InChI is InChI=1S/C14H16BrFO2/c1-9-11(15)6-5-10(12(9)16)14(13(17)18)7-3-2-4-8-14/h5-6H,2-4,7-8H2,1H3,(H,17,18). The highest BCUT2D eigenvalue weighted by Gasteiger charge is 2.43. The fourth-order valence-corrected chi connectivity index (χ4v) is 3.09. The fraction of sp³-hybridized carbons (Fsp3) is 0.500. The number of benzene rings is 1. The minimum Gasteiger partial charge on any atom is -0.481 e. The second-order valence-electron chi connectivity index (χ2n) is 4.98. The molecular formula is C14H16BrFO2. The van der Waals surface area contributed by atoms with Crippen molar-refractivity contribution in [2.24, 2.45) is 0 Å². The van der Waals surface area contributed by atoms with Crippen molar-refractivity contribution in [1.82, 2.24) is 0 Å². The van der Waals surface area contributed by atoms with E-state index in [0.29, 0.717) is 28.4 Å². The van der Waals surface area contributed by atoms with Crippen LogP contribution < -0.4 is 0 Å². The summed E-state index contributed by atoms with van der Waals surface area (Å²) < 4.78 is 15.0. The third-order valence-corrected chi connectivity index (χ3v) is 4.81. The Morgan fingerprint density at radius 1 is 1.33 bits per heavy atom. The quantitative estimate of drug-likeness (QED) is 0.889. The van der Waals surface area contributed by atoms with Crippen molar-refractivity contribution < 1.29 is 14.3 Å². The van der Waals surface area contributed by atoms with Gasteiger partial charge in [0.15, 0.2) is 0 Å². The summed E-state index contributed by atoms with van der Waals surface area (Å²) in [6.07, 6.45) is 3.79. The molecule has 1 saturated carbocycles. The lowest BCUT2D eigenvalue weighted by Crippen LogP contribution is -2.38. The summed E-state index contributed by atoms with van der Waals surface area (Å²) >= 11 is 3.27. The number of hydrogen-bond acceptors (Lipinski definition) is 1. The van der Waals surface area contributed by atoms with E-state index in [9.17, 15) is 14.3 Å². The van der Waals surface area contributed by atoms with Crippen LogP contribution in [-0.4, -0.2) is 11.1 Å². The first-order valence-corrected chi connectivity index (χ1v) is 6.97. The van der Waals surface area contributed by atoms with Gasteiger partial charge in [-0.3, -0.25) is 4.79 Å². The van der Waals surface area contributed by atoms with Crippen molar-refractivity contribution in [2.75, 3.05) is 0 Å². The van der Waals surface area contributed by atoms with Crippen LogP contribution in [-0.2, 0) is 10.2 Å². The van der Waals surface area contributed by atoms with Crippen LogP contribution in [0.4, 0.5) is 4.39 Å². The highest BCUT2D eigenvalue weighted by Crippen LogP contribution is 2.42. The van der Waals surface area contributed by atoms with Gasteiger partial charge in [-0.15, -0.1) is 0 Å². The van der Waals surface area contributed by atoms with Gasteiger partial charge in [0, 0.05) is 10.0 Å². The van der Waals surface area contributed by atoms with Crippen molar-refractivity contribution in [3.63, 3.8) is 0 Å². The predicted molar refractivity (Wildman–Crippen MR) is 71.2 cm³/mol. The molecule has 1 aromatic rings. The minimum absolute atomic E-state index is 0.343. The van der Waals surface area contributed by atoms with Crippen molar-refractivity contribution in [3.05, 3.63) is 33.5 Å².